The topological polar surface area (TPSA) is 89.5 Å². The molecular weight excluding hydrogens is 671 g/mol. The Morgan fingerprint density at radius 2 is 1.08 bits per heavy atom. The summed E-state index contributed by atoms with van der Waals surface area (Å²) in [4.78, 5) is 4.65. The minimum Gasteiger partial charge on any atom is -0.491 e. The van der Waals surface area contributed by atoms with Gasteiger partial charge in [-0.25, -0.2) is 0 Å². The molecule has 2 aliphatic heterocycles. The number of hydrogen-bond acceptors (Lipinski definition) is 8. The van der Waals surface area contributed by atoms with Crippen molar-refractivity contribution in [2.45, 2.75) is 19.0 Å². The number of anilines is 2. The van der Waals surface area contributed by atoms with E-state index in [-0.39, 0.29) is 38.5 Å². The SMILES string of the molecule is Cc1ccc([C@@H]2CNCCN2c2ccc(OCCO)cc2Cl)cc1.OCCOc1ccc(N2CCNC[C@H]2c2ccc(Cl)cc2)c(Cl)c1. The lowest BCUT2D eigenvalue weighted by atomic mass is 10.0. The Morgan fingerprint density at radius 3 is 1.50 bits per heavy atom. The maximum atomic E-state index is 8.86. The van der Waals surface area contributed by atoms with Gasteiger partial charge in [0.25, 0.3) is 0 Å². The molecule has 0 bridgehead atoms. The Labute approximate surface area is 298 Å². The van der Waals surface area contributed by atoms with Gasteiger partial charge in [-0.15, -0.1) is 0 Å². The molecule has 256 valence electrons. The minimum atomic E-state index is -0.0180. The predicted octanol–water partition coefficient (Wildman–Crippen LogP) is 6.69. The lowest BCUT2D eigenvalue weighted by molar-refractivity contribution is 0.201. The summed E-state index contributed by atoms with van der Waals surface area (Å²) in [5.74, 6) is 1.34. The van der Waals surface area contributed by atoms with Gasteiger partial charge in [-0.05, 0) is 54.4 Å². The van der Waals surface area contributed by atoms with Crippen LogP contribution in [0.2, 0.25) is 15.1 Å². The summed E-state index contributed by atoms with van der Waals surface area (Å²) >= 11 is 19.0. The quantitative estimate of drug-likeness (QED) is 0.145. The highest BCUT2D eigenvalue weighted by Crippen LogP contribution is 2.37. The lowest BCUT2D eigenvalue weighted by Crippen LogP contribution is -2.46. The fourth-order valence-corrected chi connectivity index (χ4v) is 6.69. The maximum Gasteiger partial charge on any atom is 0.121 e. The monoisotopic (exact) mass is 712 g/mol. The Morgan fingerprint density at radius 1 is 0.646 bits per heavy atom. The zero-order valence-electron chi connectivity index (χ0n) is 27.0. The van der Waals surface area contributed by atoms with Crippen molar-refractivity contribution in [1.29, 1.82) is 0 Å². The van der Waals surface area contributed by atoms with Gasteiger partial charge in [0.1, 0.15) is 24.7 Å². The van der Waals surface area contributed by atoms with E-state index in [1.54, 1.807) is 6.07 Å². The number of rotatable bonds is 10. The van der Waals surface area contributed by atoms with Gasteiger partial charge in [-0.1, -0.05) is 76.8 Å². The Kier molecular flexibility index (Phi) is 13.5. The molecule has 11 heteroatoms. The summed E-state index contributed by atoms with van der Waals surface area (Å²) < 4.78 is 10.9. The number of aliphatic hydroxyl groups is 2. The molecule has 4 aromatic carbocycles. The van der Waals surface area contributed by atoms with Gasteiger partial charge in [0.05, 0.1) is 46.7 Å². The summed E-state index contributed by atoms with van der Waals surface area (Å²) in [6.45, 7) is 7.95. The van der Waals surface area contributed by atoms with Crippen LogP contribution < -0.4 is 29.9 Å². The van der Waals surface area contributed by atoms with Crippen LogP contribution in [-0.4, -0.2) is 75.9 Å². The van der Waals surface area contributed by atoms with Crippen molar-refractivity contribution < 1.29 is 19.7 Å². The van der Waals surface area contributed by atoms with Crippen molar-refractivity contribution in [3.05, 3.63) is 117 Å². The van der Waals surface area contributed by atoms with E-state index in [1.165, 1.54) is 16.7 Å². The molecule has 0 spiro atoms. The Bertz CT molecular complexity index is 1470. The molecule has 0 radical (unpaired) electrons. The minimum absolute atomic E-state index is 0.00728. The molecule has 0 aliphatic carbocycles. The normalized spacial score (nSPS) is 17.8. The second-order valence-corrected chi connectivity index (χ2v) is 12.9. The molecule has 8 nitrogen and oxygen atoms in total. The molecule has 0 amide bonds. The summed E-state index contributed by atoms with van der Waals surface area (Å²) in [5, 5.41) is 26.7. The third-order valence-electron chi connectivity index (χ3n) is 8.38. The average Bonchev–Trinajstić information content (AvgIpc) is 3.11. The summed E-state index contributed by atoms with van der Waals surface area (Å²) in [6, 6.07) is 28.4. The third kappa shape index (κ3) is 9.48. The molecule has 0 aromatic heterocycles. The van der Waals surface area contributed by atoms with Gasteiger partial charge < -0.3 is 40.1 Å². The van der Waals surface area contributed by atoms with Crippen LogP contribution in [0.5, 0.6) is 11.5 Å². The molecule has 4 aromatic rings. The van der Waals surface area contributed by atoms with Crippen LogP contribution in [0.25, 0.3) is 0 Å². The molecule has 2 saturated heterocycles. The largest absolute Gasteiger partial charge is 0.491 e. The second kappa shape index (κ2) is 18.0. The summed E-state index contributed by atoms with van der Waals surface area (Å²) in [6.07, 6.45) is 0. The predicted molar refractivity (Wildman–Crippen MR) is 197 cm³/mol. The van der Waals surface area contributed by atoms with Gasteiger partial charge in [0.15, 0.2) is 0 Å². The van der Waals surface area contributed by atoms with Gasteiger partial charge in [0.2, 0.25) is 0 Å². The van der Waals surface area contributed by atoms with Crippen molar-refractivity contribution in [2.24, 2.45) is 0 Å². The number of hydrogen-bond donors (Lipinski definition) is 4. The fraction of sp³-hybridized carbons (Fsp3) is 0.351. The van der Waals surface area contributed by atoms with E-state index in [0.29, 0.717) is 21.5 Å². The molecule has 2 aliphatic rings. The molecule has 2 fully saturated rings. The number of benzene rings is 4. The van der Waals surface area contributed by atoms with E-state index in [0.717, 1.165) is 55.7 Å². The maximum absolute atomic E-state index is 8.86. The van der Waals surface area contributed by atoms with Crippen molar-refractivity contribution in [2.75, 3.05) is 75.5 Å². The number of nitrogens with one attached hydrogen (secondary N) is 2. The fourth-order valence-electron chi connectivity index (χ4n) is 6.00. The van der Waals surface area contributed by atoms with E-state index < -0.39 is 0 Å². The number of halogens is 3. The van der Waals surface area contributed by atoms with E-state index in [2.05, 4.69) is 63.8 Å². The van der Waals surface area contributed by atoms with E-state index in [9.17, 15) is 0 Å². The molecule has 2 heterocycles. The van der Waals surface area contributed by atoms with E-state index in [4.69, 9.17) is 54.5 Å². The summed E-state index contributed by atoms with van der Waals surface area (Å²) in [5.41, 5.74) is 5.74. The van der Waals surface area contributed by atoms with Crippen molar-refractivity contribution >= 4 is 46.2 Å². The molecule has 4 N–H and O–H groups in total. The van der Waals surface area contributed by atoms with Crippen LogP contribution in [0.3, 0.4) is 0 Å². The van der Waals surface area contributed by atoms with Crippen LogP contribution >= 0.6 is 34.8 Å². The standard InChI is InChI=1S/C19H23ClN2O2.C18H20Cl2N2O2/c1-14-2-4-15(5-3-14)19-13-21-8-9-22(19)18-7-6-16(12-17(18)20)24-11-10-23;19-14-3-1-13(2-4-14)18-12-21-7-8-22(18)17-6-5-15(11-16(17)20)24-10-9-23/h2-7,12,19,21,23H,8-11,13H2,1H3;1-6,11,18,21,23H,7-10,12H2/t19-;18-/m00/s1. The smallest absolute Gasteiger partial charge is 0.121 e. The van der Waals surface area contributed by atoms with Crippen LogP contribution in [0.15, 0.2) is 84.9 Å². The Hall–Kier alpha value is -3.21. The van der Waals surface area contributed by atoms with Crippen LogP contribution in [0.4, 0.5) is 11.4 Å². The number of aryl methyl sites for hydroxylation is 1. The highest BCUT2D eigenvalue weighted by molar-refractivity contribution is 6.33. The van der Waals surface area contributed by atoms with E-state index in [1.807, 2.05) is 42.5 Å². The van der Waals surface area contributed by atoms with Gasteiger partial charge >= 0.3 is 0 Å². The number of aliphatic hydroxyl groups excluding tert-OH is 2. The molecule has 0 saturated carbocycles. The van der Waals surface area contributed by atoms with Gasteiger partial charge in [-0.2, -0.15) is 0 Å². The van der Waals surface area contributed by atoms with Gasteiger partial charge in [-0.3, -0.25) is 0 Å². The third-order valence-corrected chi connectivity index (χ3v) is 9.24. The first-order chi connectivity index (χ1) is 23.4. The number of piperazine rings is 2. The first-order valence-corrected chi connectivity index (χ1v) is 17.3. The highest BCUT2D eigenvalue weighted by Gasteiger charge is 2.27. The first-order valence-electron chi connectivity index (χ1n) is 16.2. The molecule has 0 unspecified atom stereocenters. The van der Waals surface area contributed by atoms with Crippen molar-refractivity contribution in [1.82, 2.24) is 10.6 Å². The van der Waals surface area contributed by atoms with Crippen LogP contribution in [0.1, 0.15) is 28.8 Å². The second-order valence-electron chi connectivity index (χ2n) is 11.7. The lowest BCUT2D eigenvalue weighted by Gasteiger charge is -2.39. The van der Waals surface area contributed by atoms with Gasteiger partial charge in [0, 0.05) is 56.4 Å². The zero-order valence-corrected chi connectivity index (χ0v) is 29.3. The van der Waals surface area contributed by atoms with Crippen molar-refractivity contribution in [3.63, 3.8) is 0 Å². The van der Waals surface area contributed by atoms with E-state index >= 15 is 0 Å². The summed E-state index contributed by atoms with van der Waals surface area (Å²) in [7, 11) is 0. The average molecular weight is 714 g/mol. The Balaban J connectivity index is 0.000000188. The van der Waals surface area contributed by atoms with Crippen LogP contribution in [0, 0.1) is 6.92 Å². The number of ether oxygens (including phenoxy) is 2. The molecule has 6 rings (SSSR count). The molecule has 48 heavy (non-hydrogen) atoms. The molecular formula is C37H43Cl3N4O4. The molecule has 2 atom stereocenters. The van der Waals surface area contributed by atoms with Crippen molar-refractivity contribution in [3.8, 4) is 11.5 Å². The first kappa shape index (κ1) is 36.1. The number of nitrogens with zero attached hydrogens (tertiary/aromatic N) is 2. The highest BCUT2D eigenvalue weighted by atomic mass is 35.5. The van der Waals surface area contributed by atoms with Crippen LogP contribution in [-0.2, 0) is 0 Å². The zero-order chi connectivity index (χ0) is 33.9.